The molecule has 0 aliphatic carbocycles. The Kier molecular flexibility index (Phi) is 5.12. The van der Waals surface area contributed by atoms with Crippen molar-refractivity contribution in [2.75, 3.05) is 31.1 Å². The molecule has 2 aromatic carbocycles. The second-order valence-electron chi connectivity index (χ2n) is 7.90. The van der Waals surface area contributed by atoms with Crippen molar-refractivity contribution >= 4 is 17.4 Å². The van der Waals surface area contributed by atoms with E-state index in [1.165, 1.54) is 0 Å². The number of carbonyl (C=O) groups is 1. The maximum atomic E-state index is 12.6. The molecule has 0 atom stereocenters. The summed E-state index contributed by atoms with van der Waals surface area (Å²) in [6, 6.07) is 24.2. The summed E-state index contributed by atoms with van der Waals surface area (Å²) < 4.78 is 1.92. The number of rotatable bonds is 4. The quantitative estimate of drug-likeness (QED) is 0.515. The number of anilines is 1. The highest BCUT2D eigenvalue weighted by molar-refractivity contribution is 5.79. The Morgan fingerprint density at radius 3 is 2.26 bits per heavy atom. The molecule has 0 spiro atoms. The number of nitrogens with zero attached hydrogens (tertiary/aromatic N) is 5. The highest BCUT2D eigenvalue weighted by Crippen LogP contribution is 2.24. The summed E-state index contributed by atoms with van der Waals surface area (Å²) >= 11 is 0. The molecular weight excluding hydrogens is 386 g/mol. The summed E-state index contributed by atoms with van der Waals surface area (Å²) in [4.78, 5) is 21.6. The van der Waals surface area contributed by atoms with Crippen molar-refractivity contribution < 1.29 is 4.79 Å². The average Bonchev–Trinajstić information content (AvgIpc) is 3.16. The molecule has 1 saturated heterocycles. The molecule has 0 radical (unpaired) electrons. The molecule has 0 N–H and O–H groups in total. The molecule has 2 aromatic heterocycles. The van der Waals surface area contributed by atoms with Crippen LogP contribution in [0.1, 0.15) is 11.3 Å². The molecule has 6 nitrogen and oxygen atoms in total. The summed E-state index contributed by atoms with van der Waals surface area (Å²) in [6.07, 6.45) is 0.460. The first-order valence-corrected chi connectivity index (χ1v) is 10.7. The topological polar surface area (TPSA) is 53.7 Å². The van der Waals surface area contributed by atoms with E-state index >= 15 is 0 Å². The molecule has 0 bridgehead atoms. The van der Waals surface area contributed by atoms with Gasteiger partial charge in [0.15, 0.2) is 5.65 Å². The van der Waals surface area contributed by atoms with E-state index in [1.54, 1.807) is 0 Å². The van der Waals surface area contributed by atoms with Gasteiger partial charge in [-0.25, -0.2) is 9.50 Å². The van der Waals surface area contributed by atoms with E-state index in [0.717, 1.165) is 47.1 Å². The van der Waals surface area contributed by atoms with Crippen LogP contribution in [-0.4, -0.2) is 51.6 Å². The maximum absolute atomic E-state index is 12.6. The fourth-order valence-corrected chi connectivity index (χ4v) is 4.14. The summed E-state index contributed by atoms with van der Waals surface area (Å²) in [7, 11) is 0. The second-order valence-corrected chi connectivity index (χ2v) is 7.90. The maximum Gasteiger partial charge on any atom is 0.227 e. The van der Waals surface area contributed by atoms with Crippen LogP contribution in [0, 0.1) is 6.92 Å². The number of amides is 1. The standard InChI is InChI=1S/C25H25N5O/c1-19-25(21-10-6-3-7-11-21)26-22-12-13-23(27-30(19)22)28-14-16-29(17-15-28)24(31)18-20-8-4-2-5-9-20/h2-13H,14-18H2,1H3. The van der Waals surface area contributed by atoms with Gasteiger partial charge in [0.1, 0.15) is 5.82 Å². The molecule has 1 amide bonds. The number of carbonyl (C=O) groups excluding carboxylic acids is 1. The van der Waals surface area contributed by atoms with E-state index in [4.69, 9.17) is 10.1 Å². The number of piperazine rings is 1. The number of hydrogen-bond donors (Lipinski definition) is 0. The lowest BCUT2D eigenvalue weighted by molar-refractivity contribution is -0.130. The lowest BCUT2D eigenvalue weighted by Crippen LogP contribution is -2.49. The van der Waals surface area contributed by atoms with Crippen LogP contribution in [0.5, 0.6) is 0 Å². The van der Waals surface area contributed by atoms with Crippen molar-refractivity contribution in [3.8, 4) is 11.3 Å². The summed E-state index contributed by atoms with van der Waals surface area (Å²) in [5.74, 6) is 1.11. The van der Waals surface area contributed by atoms with Gasteiger partial charge in [0.05, 0.1) is 17.8 Å². The Morgan fingerprint density at radius 2 is 1.55 bits per heavy atom. The molecule has 0 unspecified atom stereocenters. The second kappa shape index (κ2) is 8.22. The van der Waals surface area contributed by atoms with Crippen molar-refractivity contribution in [1.82, 2.24) is 19.5 Å². The number of fused-ring (bicyclic) bond motifs is 1. The largest absolute Gasteiger partial charge is 0.352 e. The van der Waals surface area contributed by atoms with Gasteiger partial charge in [-0.05, 0) is 24.6 Å². The van der Waals surface area contributed by atoms with Gasteiger partial charge in [-0.3, -0.25) is 4.79 Å². The molecule has 3 heterocycles. The third kappa shape index (κ3) is 3.89. The average molecular weight is 412 g/mol. The van der Waals surface area contributed by atoms with Crippen LogP contribution >= 0.6 is 0 Å². The van der Waals surface area contributed by atoms with E-state index in [9.17, 15) is 4.79 Å². The molecule has 1 aliphatic heterocycles. The monoisotopic (exact) mass is 411 g/mol. The third-order valence-corrected chi connectivity index (χ3v) is 5.89. The molecule has 156 valence electrons. The number of benzene rings is 2. The van der Waals surface area contributed by atoms with Gasteiger partial charge >= 0.3 is 0 Å². The van der Waals surface area contributed by atoms with Crippen LogP contribution < -0.4 is 4.90 Å². The first-order valence-electron chi connectivity index (χ1n) is 10.7. The van der Waals surface area contributed by atoms with Gasteiger partial charge in [-0.1, -0.05) is 60.7 Å². The Morgan fingerprint density at radius 1 is 0.871 bits per heavy atom. The van der Waals surface area contributed by atoms with E-state index in [-0.39, 0.29) is 5.91 Å². The first-order chi connectivity index (χ1) is 15.2. The van der Waals surface area contributed by atoms with Gasteiger partial charge in [0.2, 0.25) is 5.91 Å². The molecule has 6 heteroatoms. The number of aryl methyl sites for hydroxylation is 1. The van der Waals surface area contributed by atoms with Crippen LogP contribution in [0.25, 0.3) is 16.9 Å². The molecule has 31 heavy (non-hydrogen) atoms. The van der Waals surface area contributed by atoms with Crippen molar-refractivity contribution in [2.24, 2.45) is 0 Å². The number of hydrogen-bond acceptors (Lipinski definition) is 4. The Bertz CT molecular complexity index is 1190. The highest BCUT2D eigenvalue weighted by Gasteiger charge is 2.22. The van der Waals surface area contributed by atoms with Gasteiger partial charge in [0, 0.05) is 31.7 Å². The fraction of sp³-hybridized carbons (Fsp3) is 0.240. The third-order valence-electron chi connectivity index (χ3n) is 5.89. The lowest BCUT2D eigenvalue weighted by atomic mass is 10.1. The summed E-state index contributed by atoms with van der Waals surface area (Å²) in [6.45, 7) is 5.03. The number of aromatic nitrogens is 3. The minimum absolute atomic E-state index is 0.187. The van der Waals surface area contributed by atoms with Crippen LogP contribution in [0.15, 0.2) is 72.8 Å². The summed E-state index contributed by atoms with van der Waals surface area (Å²) in [5, 5.41) is 4.86. The Labute approximate surface area is 181 Å². The van der Waals surface area contributed by atoms with E-state index in [0.29, 0.717) is 19.5 Å². The normalized spacial score (nSPS) is 14.2. The molecule has 1 fully saturated rings. The van der Waals surface area contributed by atoms with Gasteiger partial charge in [-0.2, -0.15) is 0 Å². The van der Waals surface area contributed by atoms with E-state index < -0.39 is 0 Å². The minimum atomic E-state index is 0.187. The molecule has 4 aromatic rings. The number of imidazole rings is 1. The first kappa shape index (κ1) is 19.3. The molecule has 0 saturated carbocycles. The Balaban J connectivity index is 1.29. The predicted octanol–water partition coefficient (Wildman–Crippen LogP) is 3.60. The van der Waals surface area contributed by atoms with E-state index in [1.807, 2.05) is 70.1 Å². The van der Waals surface area contributed by atoms with Crippen molar-refractivity contribution in [2.45, 2.75) is 13.3 Å². The zero-order valence-corrected chi connectivity index (χ0v) is 17.6. The predicted molar refractivity (Wildman–Crippen MR) is 122 cm³/mol. The van der Waals surface area contributed by atoms with Crippen LogP contribution in [-0.2, 0) is 11.2 Å². The SMILES string of the molecule is Cc1c(-c2ccccc2)nc2ccc(N3CCN(C(=O)Cc4ccccc4)CC3)nn12. The van der Waals surface area contributed by atoms with Crippen LogP contribution in [0.4, 0.5) is 5.82 Å². The van der Waals surface area contributed by atoms with Crippen molar-refractivity contribution in [3.63, 3.8) is 0 Å². The highest BCUT2D eigenvalue weighted by atomic mass is 16.2. The van der Waals surface area contributed by atoms with Crippen molar-refractivity contribution in [1.29, 1.82) is 0 Å². The van der Waals surface area contributed by atoms with E-state index in [2.05, 4.69) is 24.0 Å². The Hall–Kier alpha value is -3.67. The molecule has 1 aliphatic rings. The van der Waals surface area contributed by atoms with Crippen molar-refractivity contribution in [3.05, 3.63) is 84.1 Å². The zero-order valence-electron chi connectivity index (χ0n) is 17.6. The van der Waals surface area contributed by atoms with Crippen LogP contribution in [0.2, 0.25) is 0 Å². The fourth-order valence-electron chi connectivity index (χ4n) is 4.14. The van der Waals surface area contributed by atoms with Gasteiger partial charge in [-0.15, -0.1) is 5.10 Å². The van der Waals surface area contributed by atoms with Gasteiger partial charge < -0.3 is 9.80 Å². The lowest BCUT2D eigenvalue weighted by Gasteiger charge is -2.35. The smallest absolute Gasteiger partial charge is 0.227 e. The molecular formula is C25H25N5O. The minimum Gasteiger partial charge on any atom is -0.352 e. The van der Waals surface area contributed by atoms with Crippen LogP contribution in [0.3, 0.4) is 0 Å². The zero-order chi connectivity index (χ0) is 21.2. The molecule has 5 rings (SSSR count). The summed E-state index contributed by atoms with van der Waals surface area (Å²) in [5.41, 5.74) is 4.99. The van der Waals surface area contributed by atoms with Gasteiger partial charge in [0.25, 0.3) is 0 Å².